The third-order valence-corrected chi connectivity index (χ3v) is 5.22. The summed E-state index contributed by atoms with van der Waals surface area (Å²) in [4.78, 5) is 22.4. The second-order valence-corrected chi connectivity index (χ2v) is 7.40. The number of carbonyl (C=O) groups is 1. The van der Waals surface area contributed by atoms with Gasteiger partial charge in [-0.15, -0.1) is 0 Å². The molecule has 0 bridgehead atoms. The number of ether oxygens (including phenoxy) is 1. The fourth-order valence-electron chi connectivity index (χ4n) is 3.60. The molecule has 1 amide bonds. The highest BCUT2D eigenvalue weighted by molar-refractivity contribution is 5.99. The van der Waals surface area contributed by atoms with Crippen LogP contribution in [0.25, 0.3) is 10.9 Å². The topological polar surface area (TPSA) is 69.0 Å². The van der Waals surface area contributed by atoms with Crippen molar-refractivity contribution < 1.29 is 9.53 Å². The van der Waals surface area contributed by atoms with Gasteiger partial charge in [-0.2, -0.15) is 0 Å². The normalized spacial score (nSPS) is 12.0. The summed E-state index contributed by atoms with van der Waals surface area (Å²) in [5, 5.41) is 4.09. The average Bonchev–Trinajstić information content (AvgIpc) is 3.17. The summed E-state index contributed by atoms with van der Waals surface area (Å²) in [5.41, 5.74) is 4.13. The van der Waals surface area contributed by atoms with Gasteiger partial charge in [0, 0.05) is 24.8 Å². The molecule has 2 aromatic heterocycles. The van der Waals surface area contributed by atoms with Crippen LogP contribution in [0.15, 0.2) is 60.9 Å². The first kappa shape index (κ1) is 19.6. The maximum atomic E-state index is 13.3. The lowest BCUT2D eigenvalue weighted by Crippen LogP contribution is -2.31. The Balaban J connectivity index is 1.74. The molecule has 0 aliphatic heterocycles. The third-order valence-electron chi connectivity index (χ3n) is 5.22. The molecule has 0 radical (unpaired) electrons. The lowest BCUT2D eigenvalue weighted by Gasteiger charge is -2.20. The summed E-state index contributed by atoms with van der Waals surface area (Å²) in [6.45, 7) is 3.88. The predicted octanol–water partition coefficient (Wildman–Crippen LogP) is 4.11. The predicted molar refractivity (Wildman–Crippen MR) is 117 cm³/mol. The molecule has 0 fully saturated rings. The monoisotopic (exact) mass is 400 g/mol. The molecule has 6 nitrogen and oxygen atoms in total. The van der Waals surface area contributed by atoms with Gasteiger partial charge in [-0.3, -0.25) is 9.78 Å². The van der Waals surface area contributed by atoms with Crippen LogP contribution in [0.3, 0.4) is 0 Å². The molecule has 6 heteroatoms. The minimum atomic E-state index is -0.430. The Bertz CT molecular complexity index is 1230. The fraction of sp³-hybridized carbons (Fsp3) is 0.208. The first-order chi connectivity index (χ1) is 14.5. The molecule has 1 unspecified atom stereocenters. The van der Waals surface area contributed by atoms with Gasteiger partial charge in [0.1, 0.15) is 17.6 Å². The number of aromatic nitrogens is 3. The second kappa shape index (κ2) is 7.99. The van der Waals surface area contributed by atoms with Gasteiger partial charge in [-0.05, 0) is 49.7 Å². The first-order valence-electron chi connectivity index (χ1n) is 9.76. The molecule has 30 heavy (non-hydrogen) atoms. The van der Waals surface area contributed by atoms with Gasteiger partial charge >= 0.3 is 0 Å². The van der Waals surface area contributed by atoms with Crippen molar-refractivity contribution in [2.45, 2.75) is 19.9 Å². The Morgan fingerprint density at radius 1 is 1.13 bits per heavy atom. The smallest absolute Gasteiger partial charge is 0.253 e. The summed E-state index contributed by atoms with van der Waals surface area (Å²) < 4.78 is 7.27. The second-order valence-electron chi connectivity index (χ2n) is 7.40. The number of methoxy groups -OCH3 is 1. The number of imidazole rings is 1. The highest BCUT2D eigenvalue weighted by atomic mass is 16.5. The van der Waals surface area contributed by atoms with E-state index in [1.807, 2.05) is 80.2 Å². The summed E-state index contributed by atoms with van der Waals surface area (Å²) in [7, 11) is 3.53. The number of benzene rings is 2. The summed E-state index contributed by atoms with van der Waals surface area (Å²) in [6, 6.07) is 15.2. The van der Waals surface area contributed by atoms with E-state index in [0.29, 0.717) is 11.3 Å². The number of nitrogens with zero attached hydrogens (tertiary/aromatic N) is 3. The summed E-state index contributed by atoms with van der Waals surface area (Å²) in [5.74, 6) is 1.26. The molecule has 2 heterocycles. The van der Waals surface area contributed by atoms with Crippen LogP contribution in [0.4, 0.5) is 0 Å². The van der Waals surface area contributed by atoms with E-state index in [9.17, 15) is 4.79 Å². The number of aryl methyl sites for hydroxylation is 3. The van der Waals surface area contributed by atoms with Crippen molar-refractivity contribution in [1.82, 2.24) is 19.9 Å². The number of nitrogens with one attached hydrogen (secondary N) is 1. The fourth-order valence-corrected chi connectivity index (χ4v) is 3.60. The van der Waals surface area contributed by atoms with E-state index < -0.39 is 6.04 Å². The molecule has 0 aliphatic carbocycles. The van der Waals surface area contributed by atoms with Crippen LogP contribution in [0, 0.1) is 13.8 Å². The maximum Gasteiger partial charge on any atom is 0.253 e. The molecular formula is C24H24N4O2. The van der Waals surface area contributed by atoms with Crippen LogP contribution in [-0.4, -0.2) is 27.6 Å². The molecule has 2 aromatic carbocycles. The summed E-state index contributed by atoms with van der Waals surface area (Å²) >= 11 is 0. The highest BCUT2D eigenvalue weighted by Crippen LogP contribution is 2.25. The van der Waals surface area contributed by atoms with Crippen LogP contribution in [0.5, 0.6) is 5.75 Å². The van der Waals surface area contributed by atoms with Crippen molar-refractivity contribution in [1.29, 1.82) is 0 Å². The molecule has 0 aliphatic rings. The van der Waals surface area contributed by atoms with Crippen molar-refractivity contribution >= 4 is 16.8 Å². The Morgan fingerprint density at radius 2 is 1.97 bits per heavy atom. The van der Waals surface area contributed by atoms with Gasteiger partial charge < -0.3 is 14.6 Å². The van der Waals surface area contributed by atoms with Crippen molar-refractivity contribution in [3.05, 3.63) is 89.1 Å². The molecule has 1 atom stereocenters. The molecule has 152 valence electrons. The van der Waals surface area contributed by atoms with E-state index in [0.717, 1.165) is 33.6 Å². The highest BCUT2D eigenvalue weighted by Gasteiger charge is 2.23. The van der Waals surface area contributed by atoms with Crippen LogP contribution >= 0.6 is 0 Å². The zero-order valence-electron chi connectivity index (χ0n) is 17.5. The SMILES string of the molecule is COc1cccc(C(NC(=O)c2cc3cc(C)ccc3nc2C)c2nccn2C)c1. The minimum absolute atomic E-state index is 0.195. The lowest BCUT2D eigenvalue weighted by molar-refractivity contribution is 0.0940. The Morgan fingerprint density at radius 3 is 2.70 bits per heavy atom. The van der Waals surface area contributed by atoms with Crippen LogP contribution in [0.2, 0.25) is 0 Å². The van der Waals surface area contributed by atoms with Crippen LogP contribution in [-0.2, 0) is 7.05 Å². The number of rotatable bonds is 5. The van der Waals surface area contributed by atoms with Crippen LogP contribution in [0.1, 0.15) is 39.0 Å². The van der Waals surface area contributed by atoms with Gasteiger partial charge in [0.15, 0.2) is 0 Å². The summed E-state index contributed by atoms with van der Waals surface area (Å²) in [6.07, 6.45) is 3.58. The molecule has 0 saturated carbocycles. The van der Waals surface area contributed by atoms with E-state index in [-0.39, 0.29) is 5.91 Å². The van der Waals surface area contributed by atoms with Crippen molar-refractivity contribution in [2.75, 3.05) is 7.11 Å². The molecule has 1 N–H and O–H groups in total. The molecule has 4 rings (SSSR count). The Labute approximate surface area is 175 Å². The maximum absolute atomic E-state index is 13.3. The van der Waals surface area contributed by atoms with E-state index in [2.05, 4.69) is 15.3 Å². The molecule has 4 aromatic rings. The van der Waals surface area contributed by atoms with Crippen molar-refractivity contribution in [3.63, 3.8) is 0 Å². The van der Waals surface area contributed by atoms with Gasteiger partial charge in [0.2, 0.25) is 0 Å². The van der Waals surface area contributed by atoms with E-state index in [1.54, 1.807) is 13.3 Å². The third kappa shape index (κ3) is 3.76. The zero-order chi connectivity index (χ0) is 21.3. The van der Waals surface area contributed by atoms with E-state index in [4.69, 9.17) is 4.74 Å². The number of hydrogen-bond acceptors (Lipinski definition) is 4. The number of fused-ring (bicyclic) bond motifs is 1. The quantitative estimate of drug-likeness (QED) is 0.547. The number of pyridine rings is 1. The van der Waals surface area contributed by atoms with Gasteiger partial charge in [0.05, 0.1) is 23.9 Å². The largest absolute Gasteiger partial charge is 0.497 e. The zero-order valence-corrected chi connectivity index (χ0v) is 17.5. The van der Waals surface area contributed by atoms with Gasteiger partial charge in [-0.25, -0.2) is 4.98 Å². The first-order valence-corrected chi connectivity index (χ1v) is 9.76. The Kier molecular flexibility index (Phi) is 5.23. The van der Waals surface area contributed by atoms with Crippen molar-refractivity contribution in [2.24, 2.45) is 7.05 Å². The molecular weight excluding hydrogens is 376 g/mol. The lowest BCUT2D eigenvalue weighted by atomic mass is 10.0. The van der Waals surface area contributed by atoms with Gasteiger partial charge in [-0.1, -0.05) is 23.8 Å². The standard InChI is InChI=1S/C24H24N4O2/c1-15-8-9-21-18(12-15)14-20(16(2)26-21)24(29)27-22(23-25-10-11-28(23)3)17-6-5-7-19(13-17)30-4/h5-14,22H,1-4H3,(H,27,29). The number of hydrogen-bond donors (Lipinski definition) is 1. The minimum Gasteiger partial charge on any atom is -0.497 e. The van der Waals surface area contributed by atoms with Crippen molar-refractivity contribution in [3.8, 4) is 5.75 Å². The van der Waals surface area contributed by atoms with Gasteiger partial charge in [0.25, 0.3) is 5.91 Å². The van der Waals surface area contributed by atoms with E-state index >= 15 is 0 Å². The average molecular weight is 400 g/mol. The molecule has 0 spiro atoms. The Hall–Kier alpha value is -3.67. The molecule has 0 saturated heterocycles. The number of amides is 1. The van der Waals surface area contributed by atoms with E-state index in [1.165, 1.54) is 0 Å². The van der Waals surface area contributed by atoms with Crippen LogP contribution < -0.4 is 10.1 Å². The number of carbonyl (C=O) groups excluding carboxylic acids is 1.